The monoisotopic (exact) mass is 314 g/mol. The summed E-state index contributed by atoms with van der Waals surface area (Å²) in [6, 6.07) is 20.6. The number of benzene rings is 2. The molecule has 0 radical (unpaired) electrons. The standard InChI is InChI=1S/C17H18N2S2/c18-16(20)11-17(21)19(12-14-7-3-1-4-8-14)13-15-9-5-2-6-10-15/h1-10H,11-13H2,(H2,18,20). The van der Waals surface area contributed by atoms with E-state index in [0.29, 0.717) is 11.4 Å². The van der Waals surface area contributed by atoms with E-state index in [1.54, 1.807) is 0 Å². The third kappa shape index (κ3) is 5.25. The van der Waals surface area contributed by atoms with Gasteiger partial charge < -0.3 is 10.6 Å². The Labute approximate surface area is 136 Å². The quantitative estimate of drug-likeness (QED) is 0.823. The van der Waals surface area contributed by atoms with Gasteiger partial charge in [-0.1, -0.05) is 85.1 Å². The molecule has 0 saturated heterocycles. The lowest BCUT2D eigenvalue weighted by Gasteiger charge is -2.25. The molecular weight excluding hydrogens is 296 g/mol. The molecule has 2 aromatic carbocycles. The molecule has 2 rings (SSSR count). The van der Waals surface area contributed by atoms with Crippen LogP contribution < -0.4 is 5.73 Å². The van der Waals surface area contributed by atoms with E-state index >= 15 is 0 Å². The second kappa shape index (κ2) is 7.86. The summed E-state index contributed by atoms with van der Waals surface area (Å²) in [6.45, 7) is 1.52. The van der Waals surface area contributed by atoms with Crippen LogP contribution in [0.2, 0.25) is 0 Å². The van der Waals surface area contributed by atoms with Crippen molar-refractivity contribution < 1.29 is 0 Å². The van der Waals surface area contributed by atoms with Crippen molar-refractivity contribution in [1.82, 2.24) is 4.90 Å². The summed E-state index contributed by atoms with van der Waals surface area (Å²) < 4.78 is 0. The predicted molar refractivity (Wildman–Crippen MR) is 96.1 cm³/mol. The Kier molecular flexibility index (Phi) is 5.84. The Hall–Kier alpha value is -1.78. The molecule has 0 fully saturated rings. The summed E-state index contributed by atoms with van der Waals surface area (Å²) in [7, 11) is 0. The van der Waals surface area contributed by atoms with Gasteiger partial charge in [0.2, 0.25) is 0 Å². The second-order valence-corrected chi connectivity index (χ2v) is 5.86. The van der Waals surface area contributed by atoms with Crippen LogP contribution in [0.5, 0.6) is 0 Å². The fraction of sp³-hybridized carbons (Fsp3) is 0.176. The van der Waals surface area contributed by atoms with Gasteiger partial charge in [0, 0.05) is 19.5 Å². The van der Waals surface area contributed by atoms with Gasteiger partial charge in [0.1, 0.15) is 0 Å². The van der Waals surface area contributed by atoms with Gasteiger partial charge in [0.05, 0.1) is 9.98 Å². The Morgan fingerprint density at radius 2 is 1.24 bits per heavy atom. The molecule has 2 N–H and O–H groups in total. The summed E-state index contributed by atoms with van der Waals surface area (Å²) >= 11 is 10.5. The molecule has 0 saturated carbocycles. The van der Waals surface area contributed by atoms with E-state index in [4.69, 9.17) is 30.2 Å². The predicted octanol–water partition coefficient (Wildman–Crippen LogP) is 3.69. The molecule has 21 heavy (non-hydrogen) atoms. The third-order valence-electron chi connectivity index (χ3n) is 3.11. The van der Waals surface area contributed by atoms with Gasteiger partial charge in [-0.25, -0.2) is 0 Å². The van der Waals surface area contributed by atoms with Gasteiger partial charge >= 0.3 is 0 Å². The van der Waals surface area contributed by atoms with Crippen LogP contribution in [0.3, 0.4) is 0 Å². The molecule has 4 heteroatoms. The van der Waals surface area contributed by atoms with Crippen molar-refractivity contribution in [3.8, 4) is 0 Å². The molecule has 0 unspecified atom stereocenters. The van der Waals surface area contributed by atoms with Gasteiger partial charge in [0.25, 0.3) is 0 Å². The molecule has 0 heterocycles. The van der Waals surface area contributed by atoms with Crippen molar-refractivity contribution in [3.63, 3.8) is 0 Å². The first-order valence-corrected chi connectivity index (χ1v) is 7.61. The number of hydrogen-bond acceptors (Lipinski definition) is 2. The number of rotatable bonds is 6. The van der Waals surface area contributed by atoms with Crippen molar-refractivity contribution in [2.45, 2.75) is 19.5 Å². The molecular formula is C17H18N2S2. The van der Waals surface area contributed by atoms with Crippen molar-refractivity contribution >= 4 is 34.4 Å². The molecule has 0 atom stereocenters. The van der Waals surface area contributed by atoms with Gasteiger partial charge in [-0.15, -0.1) is 0 Å². The zero-order valence-electron chi connectivity index (χ0n) is 11.7. The molecule has 0 aromatic heterocycles. The number of nitrogens with two attached hydrogens (primary N) is 1. The average molecular weight is 314 g/mol. The van der Waals surface area contributed by atoms with Crippen molar-refractivity contribution in [1.29, 1.82) is 0 Å². The first-order chi connectivity index (χ1) is 10.1. The van der Waals surface area contributed by atoms with Crippen LogP contribution in [0.25, 0.3) is 0 Å². The van der Waals surface area contributed by atoms with Crippen molar-refractivity contribution in [2.24, 2.45) is 5.73 Å². The number of thiocarbonyl (C=S) groups is 2. The summed E-state index contributed by atoms with van der Waals surface area (Å²) in [5, 5.41) is 0. The van der Waals surface area contributed by atoms with Gasteiger partial charge in [-0.2, -0.15) is 0 Å². The van der Waals surface area contributed by atoms with Crippen LogP contribution >= 0.6 is 24.4 Å². The molecule has 2 nitrogen and oxygen atoms in total. The number of hydrogen-bond donors (Lipinski definition) is 1. The van der Waals surface area contributed by atoms with Crippen LogP contribution in [0.4, 0.5) is 0 Å². The smallest absolute Gasteiger partial charge is 0.0853 e. The molecule has 0 bridgehead atoms. The minimum atomic E-state index is 0.436. The van der Waals surface area contributed by atoms with Gasteiger partial charge in [0.15, 0.2) is 0 Å². The maximum Gasteiger partial charge on any atom is 0.0853 e. The maximum absolute atomic E-state index is 5.64. The Bertz CT molecular complexity index is 555. The van der Waals surface area contributed by atoms with Gasteiger partial charge in [-0.05, 0) is 11.1 Å². The normalized spacial score (nSPS) is 10.1. The Morgan fingerprint density at radius 3 is 1.62 bits per heavy atom. The average Bonchev–Trinajstić information content (AvgIpc) is 2.48. The highest BCUT2D eigenvalue weighted by Gasteiger charge is 2.12. The van der Waals surface area contributed by atoms with Crippen LogP contribution in [0, 0.1) is 0 Å². The lowest BCUT2D eigenvalue weighted by Crippen LogP contribution is -2.31. The molecule has 0 spiro atoms. The fourth-order valence-corrected chi connectivity index (χ4v) is 2.61. The maximum atomic E-state index is 5.64. The summed E-state index contributed by atoms with van der Waals surface area (Å²) in [4.78, 5) is 3.38. The second-order valence-electron chi connectivity index (χ2n) is 4.86. The van der Waals surface area contributed by atoms with Crippen LogP contribution in [0.1, 0.15) is 17.5 Å². The highest BCUT2D eigenvalue weighted by atomic mass is 32.1. The van der Waals surface area contributed by atoms with E-state index in [0.717, 1.165) is 18.1 Å². The van der Waals surface area contributed by atoms with Crippen LogP contribution in [-0.4, -0.2) is 14.9 Å². The highest BCUT2D eigenvalue weighted by molar-refractivity contribution is 7.82. The summed E-state index contributed by atoms with van der Waals surface area (Å²) in [6.07, 6.45) is 0.477. The zero-order valence-corrected chi connectivity index (χ0v) is 13.4. The molecule has 0 amide bonds. The summed E-state index contributed by atoms with van der Waals surface area (Å²) in [5.74, 6) is 0. The lowest BCUT2D eigenvalue weighted by molar-refractivity contribution is 0.409. The van der Waals surface area contributed by atoms with Crippen LogP contribution in [-0.2, 0) is 13.1 Å². The molecule has 0 aliphatic heterocycles. The van der Waals surface area contributed by atoms with Crippen LogP contribution in [0.15, 0.2) is 60.7 Å². The zero-order chi connectivity index (χ0) is 15.1. The van der Waals surface area contributed by atoms with E-state index in [1.807, 2.05) is 36.4 Å². The first-order valence-electron chi connectivity index (χ1n) is 6.79. The molecule has 0 aliphatic rings. The van der Waals surface area contributed by atoms with Crippen molar-refractivity contribution in [2.75, 3.05) is 0 Å². The molecule has 0 aliphatic carbocycles. The highest BCUT2D eigenvalue weighted by Crippen LogP contribution is 2.12. The number of nitrogens with zero attached hydrogens (tertiary/aromatic N) is 1. The Morgan fingerprint density at radius 1 is 0.810 bits per heavy atom. The summed E-state index contributed by atoms with van der Waals surface area (Å²) in [5.41, 5.74) is 8.08. The molecule has 2 aromatic rings. The van der Waals surface area contributed by atoms with E-state index in [-0.39, 0.29) is 0 Å². The molecule has 108 valence electrons. The Balaban J connectivity index is 2.13. The van der Waals surface area contributed by atoms with E-state index in [1.165, 1.54) is 11.1 Å². The van der Waals surface area contributed by atoms with Gasteiger partial charge in [-0.3, -0.25) is 0 Å². The third-order valence-corrected chi connectivity index (χ3v) is 3.66. The SMILES string of the molecule is NC(=S)CC(=S)N(Cc1ccccc1)Cc1ccccc1. The van der Waals surface area contributed by atoms with E-state index < -0.39 is 0 Å². The minimum Gasteiger partial charge on any atom is -0.393 e. The lowest BCUT2D eigenvalue weighted by atomic mass is 10.1. The van der Waals surface area contributed by atoms with E-state index in [2.05, 4.69) is 29.2 Å². The van der Waals surface area contributed by atoms with Crippen molar-refractivity contribution in [3.05, 3.63) is 71.8 Å². The fourth-order valence-electron chi connectivity index (χ4n) is 2.10. The first kappa shape index (κ1) is 15.6. The van der Waals surface area contributed by atoms with E-state index in [9.17, 15) is 0 Å². The largest absolute Gasteiger partial charge is 0.393 e. The minimum absolute atomic E-state index is 0.436. The topological polar surface area (TPSA) is 29.3 Å².